The molecule has 474 valence electrons. The monoisotopic (exact) mass is 1250 g/mol. The minimum absolute atomic E-state index is 0.0427. The van der Waals surface area contributed by atoms with Crippen LogP contribution in [0.5, 0.6) is 0 Å². The van der Waals surface area contributed by atoms with Gasteiger partial charge in [-0.15, -0.1) is 0 Å². The van der Waals surface area contributed by atoms with Crippen molar-refractivity contribution in [2.75, 3.05) is 46.1 Å². The summed E-state index contributed by atoms with van der Waals surface area (Å²) in [5.41, 5.74) is 17.4. The molecule has 6 aromatic rings. The number of ether oxygens (including phenoxy) is 2. The molecule has 88 heavy (non-hydrogen) atoms. The first-order valence-electron chi connectivity index (χ1n) is 28.9. The standard InChI is InChI=1S/C20H21F4N3O2.C20H22F3N3O3.C19H21F4N5O2/c21-13-9-15(23)14(22)7-11(13)6-12(25)8-18(28)27-5-1-2-16(27)19-26-17(10-29-19)20(24)3-4-20;21-14-7-16(23)15(22)5-11(14)4-13(24)6-19(27)26-3-1-2-18(26)20-25-17(10-29-20)12-8-28-9-12;20-13-7-15(22)14(21)5-11(13)4-12(24)6-17(29)27-3-1-2-16(27)18-25-10-28(26-18)19(23)8-30-9-19/h7,9-10,12,16H,1-6,8,25H2;5,7,10,12-13,18H,1-4,6,8-9,24H2;5,7,10,12,16H,1-4,6,8-9,24H2/t12-,16+;13-,18+;12-,16+/m111/s1. The average Bonchev–Trinajstić information content (AvgIpc) is 2.26. The van der Waals surface area contributed by atoms with Crippen LogP contribution in [0.1, 0.15) is 140 Å². The van der Waals surface area contributed by atoms with E-state index in [0.29, 0.717) is 94.3 Å². The van der Waals surface area contributed by atoms with Crippen molar-refractivity contribution in [2.24, 2.45) is 17.2 Å². The maximum atomic E-state index is 14.4. The Morgan fingerprint density at radius 1 is 0.545 bits per heavy atom. The number of halogens is 11. The van der Waals surface area contributed by atoms with E-state index in [-0.39, 0.29) is 104 Å². The van der Waals surface area contributed by atoms with E-state index in [1.165, 1.54) is 12.6 Å². The number of amides is 3. The summed E-state index contributed by atoms with van der Waals surface area (Å²) in [7, 11) is 0. The van der Waals surface area contributed by atoms with Gasteiger partial charge in [0.05, 0.1) is 30.9 Å². The van der Waals surface area contributed by atoms with Crippen LogP contribution in [0.2, 0.25) is 0 Å². The van der Waals surface area contributed by atoms with Gasteiger partial charge in [-0.1, -0.05) is 0 Å². The molecule has 0 radical (unpaired) electrons. The van der Waals surface area contributed by atoms with Crippen molar-refractivity contribution in [3.05, 3.63) is 153 Å². The first kappa shape index (κ1) is 63.7. The number of oxazole rings is 2. The zero-order chi connectivity index (χ0) is 62.8. The lowest BCUT2D eigenvalue weighted by atomic mass is 10.0. The molecule has 1 aliphatic carbocycles. The van der Waals surface area contributed by atoms with E-state index in [2.05, 4.69) is 20.1 Å². The first-order chi connectivity index (χ1) is 41.9. The van der Waals surface area contributed by atoms with Crippen molar-refractivity contribution in [1.82, 2.24) is 39.4 Å². The number of aromatic nitrogens is 5. The van der Waals surface area contributed by atoms with Gasteiger partial charge in [-0.2, -0.15) is 5.10 Å². The molecule has 5 aliphatic heterocycles. The third-order valence-electron chi connectivity index (χ3n) is 16.4. The highest BCUT2D eigenvalue weighted by Crippen LogP contribution is 2.49. The Bertz CT molecular complexity index is 3490. The topological polar surface area (TPSA) is 240 Å². The van der Waals surface area contributed by atoms with Gasteiger partial charge in [-0.25, -0.2) is 67.9 Å². The summed E-state index contributed by atoms with van der Waals surface area (Å²) in [6, 6.07) is 0.355. The number of carbonyl (C=O) groups excluding carboxylic acids is 3. The Labute approximate surface area is 496 Å². The molecule has 0 unspecified atom stereocenters. The predicted molar refractivity (Wildman–Crippen MR) is 287 cm³/mol. The minimum Gasteiger partial charge on any atom is -0.446 e. The lowest BCUT2D eigenvalue weighted by molar-refractivity contribution is -0.186. The maximum Gasteiger partial charge on any atom is 0.249 e. The molecular weight excluding hydrogens is 1180 g/mol. The Morgan fingerprint density at radius 3 is 1.36 bits per heavy atom. The lowest BCUT2D eigenvalue weighted by Crippen LogP contribution is -2.48. The Balaban J connectivity index is 0.000000146. The van der Waals surface area contributed by atoms with E-state index in [1.54, 1.807) is 21.0 Å². The summed E-state index contributed by atoms with van der Waals surface area (Å²) in [5, 5.41) is 4.19. The van der Waals surface area contributed by atoms with Gasteiger partial charge < -0.3 is 50.2 Å². The van der Waals surface area contributed by atoms with E-state index in [9.17, 15) is 62.7 Å². The highest BCUT2D eigenvalue weighted by atomic mass is 19.2. The lowest BCUT2D eigenvalue weighted by Gasteiger charge is -2.33. The van der Waals surface area contributed by atoms with Crippen LogP contribution >= 0.6 is 0 Å². The first-order valence-corrected chi connectivity index (χ1v) is 28.9. The van der Waals surface area contributed by atoms with E-state index in [0.717, 1.165) is 54.3 Å². The fourth-order valence-electron chi connectivity index (χ4n) is 11.3. The van der Waals surface area contributed by atoms with Crippen LogP contribution in [-0.4, -0.2) is 121 Å². The smallest absolute Gasteiger partial charge is 0.249 e. The van der Waals surface area contributed by atoms with E-state index in [4.69, 9.17) is 35.5 Å². The van der Waals surface area contributed by atoms with Crippen LogP contribution < -0.4 is 17.2 Å². The molecule has 0 bridgehead atoms. The van der Waals surface area contributed by atoms with Gasteiger partial charge in [-0.3, -0.25) is 14.4 Å². The second-order valence-electron chi connectivity index (χ2n) is 23.2. The van der Waals surface area contributed by atoms with Crippen LogP contribution in [0.4, 0.5) is 48.3 Å². The van der Waals surface area contributed by atoms with Crippen molar-refractivity contribution in [3.63, 3.8) is 0 Å². The van der Waals surface area contributed by atoms with E-state index in [1.807, 2.05) is 0 Å². The Morgan fingerprint density at radius 2 is 0.955 bits per heavy atom. The largest absolute Gasteiger partial charge is 0.446 e. The second-order valence-corrected chi connectivity index (χ2v) is 23.2. The van der Waals surface area contributed by atoms with Gasteiger partial charge in [0.1, 0.15) is 67.3 Å². The quantitative estimate of drug-likeness (QED) is 0.0540. The second kappa shape index (κ2) is 26.8. The van der Waals surface area contributed by atoms with Crippen molar-refractivity contribution in [3.8, 4) is 0 Å². The summed E-state index contributed by atoms with van der Waals surface area (Å²) in [4.78, 5) is 56.0. The zero-order valence-corrected chi connectivity index (χ0v) is 47.4. The molecule has 6 aliphatic rings. The van der Waals surface area contributed by atoms with Gasteiger partial charge in [0.25, 0.3) is 0 Å². The number of rotatable bonds is 18. The summed E-state index contributed by atoms with van der Waals surface area (Å²) >= 11 is 0. The molecule has 8 heterocycles. The average molecular weight is 1250 g/mol. The molecule has 6 fully saturated rings. The number of hydrogen-bond donors (Lipinski definition) is 3. The number of nitrogens with two attached hydrogens (primary N) is 3. The molecule has 3 aromatic carbocycles. The third-order valence-corrected chi connectivity index (χ3v) is 16.4. The third kappa shape index (κ3) is 14.5. The number of nitrogens with zero attached hydrogens (tertiary/aromatic N) is 8. The molecule has 6 N–H and O–H groups in total. The fourth-order valence-corrected chi connectivity index (χ4v) is 11.3. The molecule has 29 heteroatoms. The molecule has 6 atom stereocenters. The minimum atomic E-state index is -1.71. The highest BCUT2D eigenvalue weighted by Gasteiger charge is 2.49. The molecule has 0 spiro atoms. The molecule has 1 saturated carbocycles. The van der Waals surface area contributed by atoms with Crippen molar-refractivity contribution >= 4 is 17.7 Å². The summed E-state index contributed by atoms with van der Waals surface area (Å²) in [6.45, 7) is 2.54. The number of likely N-dealkylation sites (tertiary alicyclic amines) is 3. The molecule has 12 rings (SSSR count). The molecule has 18 nitrogen and oxygen atoms in total. The van der Waals surface area contributed by atoms with Gasteiger partial charge in [0.15, 0.2) is 46.4 Å². The van der Waals surface area contributed by atoms with Crippen LogP contribution in [-0.2, 0) is 54.6 Å². The molecule has 3 aromatic heterocycles. The van der Waals surface area contributed by atoms with Gasteiger partial charge in [0.2, 0.25) is 35.3 Å². The summed E-state index contributed by atoms with van der Waals surface area (Å²) in [5.74, 6) is -11.1. The van der Waals surface area contributed by atoms with Crippen LogP contribution in [0.3, 0.4) is 0 Å². The highest BCUT2D eigenvalue weighted by molar-refractivity contribution is 5.78. The number of alkyl halides is 2. The van der Waals surface area contributed by atoms with Gasteiger partial charge in [0, 0.05) is 75.2 Å². The van der Waals surface area contributed by atoms with Crippen LogP contribution in [0.15, 0.2) is 64.1 Å². The fraction of sp³-hybridized carbons (Fsp3) is 0.508. The number of hydrogen-bond acceptors (Lipinski definition) is 14. The summed E-state index contributed by atoms with van der Waals surface area (Å²) in [6.07, 6.45) is 8.75. The van der Waals surface area contributed by atoms with Crippen molar-refractivity contribution < 1.29 is 81.0 Å². The normalized spacial score (nSPS) is 21.2. The zero-order valence-electron chi connectivity index (χ0n) is 47.4. The van der Waals surface area contributed by atoms with Gasteiger partial charge in [-0.05, 0) is 106 Å². The van der Waals surface area contributed by atoms with E-state index < -0.39 is 94.0 Å². The molecular formula is C59H64F11N11O7. The van der Waals surface area contributed by atoms with E-state index >= 15 is 0 Å². The number of benzene rings is 3. The Kier molecular flexibility index (Phi) is 19.4. The van der Waals surface area contributed by atoms with Crippen LogP contribution in [0.25, 0.3) is 0 Å². The van der Waals surface area contributed by atoms with Crippen molar-refractivity contribution in [2.45, 2.75) is 144 Å². The van der Waals surface area contributed by atoms with Crippen molar-refractivity contribution in [1.29, 1.82) is 0 Å². The SMILES string of the molecule is N[C@@H](CC(=O)N1CCC[C@H]1c1nc(C2(F)CC2)co1)Cc1cc(F)c(F)cc1F.N[C@@H](CC(=O)N1CCC[C@H]1c1nc(C2COC2)co1)Cc1cc(F)c(F)cc1F.N[C@@H](CC(=O)N1CCC[C@H]1c1ncn(C2(F)COC2)n1)Cc1cc(F)c(F)cc1F. The number of carbonyl (C=O) groups is 3. The maximum absolute atomic E-state index is 14.4. The summed E-state index contributed by atoms with van der Waals surface area (Å²) < 4.78 is 171. The van der Waals surface area contributed by atoms with Crippen LogP contribution in [0, 0.1) is 52.4 Å². The predicted octanol–water partition coefficient (Wildman–Crippen LogP) is 8.47. The molecule has 5 saturated heterocycles. The van der Waals surface area contributed by atoms with Gasteiger partial charge >= 0.3 is 0 Å². The Hall–Kier alpha value is -7.34. The molecule has 3 amide bonds.